The Hall–Kier alpha value is -2.20. The van der Waals surface area contributed by atoms with Gasteiger partial charge in [0.1, 0.15) is 5.82 Å². The molecule has 0 aromatic heterocycles. The first kappa shape index (κ1) is 16.3. The second-order valence-electron chi connectivity index (χ2n) is 7.19. The van der Waals surface area contributed by atoms with E-state index in [1.165, 1.54) is 12.1 Å². The zero-order valence-electron chi connectivity index (χ0n) is 14.3. The van der Waals surface area contributed by atoms with E-state index in [0.717, 1.165) is 62.3 Å². The maximum absolute atomic E-state index is 13.0. The minimum Gasteiger partial charge on any atom is -0.334 e. The van der Waals surface area contributed by atoms with Gasteiger partial charge in [0, 0.05) is 25.2 Å². The zero-order valence-corrected chi connectivity index (χ0v) is 14.3. The Labute approximate surface area is 148 Å². The van der Waals surface area contributed by atoms with Crippen molar-refractivity contribution < 1.29 is 9.18 Å². The van der Waals surface area contributed by atoms with Gasteiger partial charge in [-0.05, 0) is 61.2 Å². The highest BCUT2D eigenvalue weighted by atomic mass is 19.1. The average molecular weight is 338 g/mol. The summed E-state index contributed by atoms with van der Waals surface area (Å²) in [7, 11) is 0. The molecule has 2 aliphatic heterocycles. The average Bonchev–Trinajstić information content (AvgIpc) is 2.95. The number of likely N-dealkylation sites (tertiary alicyclic amines) is 1. The molecule has 0 saturated carbocycles. The molecule has 130 valence electrons. The number of benzene rings is 2. The van der Waals surface area contributed by atoms with E-state index >= 15 is 0 Å². The Morgan fingerprint density at radius 2 is 1.72 bits per heavy atom. The summed E-state index contributed by atoms with van der Waals surface area (Å²) in [6.45, 7) is 4.57. The molecular weight excluding hydrogens is 315 g/mol. The first-order valence-corrected chi connectivity index (χ1v) is 9.03. The molecule has 25 heavy (non-hydrogen) atoms. The summed E-state index contributed by atoms with van der Waals surface area (Å²) >= 11 is 0. The van der Waals surface area contributed by atoms with E-state index in [2.05, 4.69) is 11.0 Å². The zero-order chi connectivity index (χ0) is 17.2. The van der Waals surface area contributed by atoms with Crippen LogP contribution in [0.25, 0.3) is 0 Å². The molecule has 2 heterocycles. The summed E-state index contributed by atoms with van der Waals surface area (Å²) in [4.78, 5) is 16.9. The summed E-state index contributed by atoms with van der Waals surface area (Å²) in [5.41, 5.74) is 3.18. The Bertz CT molecular complexity index is 751. The lowest BCUT2D eigenvalue weighted by Crippen LogP contribution is -2.38. The third-order valence-electron chi connectivity index (χ3n) is 5.40. The molecule has 1 fully saturated rings. The van der Waals surface area contributed by atoms with Gasteiger partial charge < -0.3 is 4.90 Å². The Balaban J connectivity index is 1.28. The minimum atomic E-state index is -0.182. The predicted molar refractivity (Wildman–Crippen MR) is 95.6 cm³/mol. The second-order valence-corrected chi connectivity index (χ2v) is 7.19. The molecule has 4 rings (SSSR count). The standard InChI is InChI=1S/C21H23FN2O/c22-19-7-5-16(6-8-19)13-23-11-9-17(10-12-23)14-24-15-18-3-1-2-4-20(18)21(24)25/h1-8,17H,9-15H2. The number of amides is 1. The van der Waals surface area contributed by atoms with Gasteiger partial charge in [-0.3, -0.25) is 9.69 Å². The van der Waals surface area contributed by atoms with Crippen molar-refractivity contribution in [3.8, 4) is 0 Å². The van der Waals surface area contributed by atoms with Gasteiger partial charge in [-0.15, -0.1) is 0 Å². The molecule has 0 radical (unpaired) electrons. The first-order valence-electron chi connectivity index (χ1n) is 9.03. The summed E-state index contributed by atoms with van der Waals surface area (Å²) in [6, 6.07) is 14.7. The van der Waals surface area contributed by atoms with E-state index in [4.69, 9.17) is 0 Å². The van der Waals surface area contributed by atoms with Crippen molar-refractivity contribution in [2.24, 2.45) is 5.92 Å². The maximum Gasteiger partial charge on any atom is 0.254 e. The monoisotopic (exact) mass is 338 g/mol. The fourth-order valence-electron chi connectivity index (χ4n) is 3.95. The topological polar surface area (TPSA) is 23.6 Å². The summed E-state index contributed by atoms with van der Waals surface area (Å²) < 4.78 is 13.0. The highest BCUT2D eigenvalue weighted by molar-refractivity contribution is 5.98. The third-order valence-corrected chi connectivity index (χ3v) is 5.40. The van der Waals surface area contributed by atoms with E-state index in [9.17, 15) is 9.18 Å². The normalized spacial score (nSPS) is 18.6. The highest BCUT2D eigenvalue weighted by Gasteiger charge is 2.30. The van der Waals surface area contributed by atoms with Gasteiger partial charge in [-0.25, -0.2) is 4.39 Å². The smallest absolute Gasteiger partial charge is 0.254 e. The predicted octanol–water partition coefficient (Wildman–Crippen LogP) is 3.69. The van der Waals surface area contributed by atoms with Crippen molar-refractivity contribution in [1.29, 1.82) is 0 Å². The number of hydrogen-bond donors (Lipinski definition) is 0. The van der Waals surface area contributed by atoms with Crippen LogP contribution in [0.15, 0.2) is 48.5 Å². The molecule has 2 aromatic carbocycles. The molecule has 0 aliphatic carbocycles. The number of nitrogens with zero attached hydrogens (tertiary/aromatic N) is 2. The van der Waals surface area contributed by atoms with Crippen LogP contribution < -0.4 is 0 Å². The lowest BCUT2D eigenvalue weighted by atomic mass is 9.96. The molecule has 1 saturated heterocycles. The van der Waals surface area contributed by atoms with Crippen molar-refractivity contribution in [3.05, 3.63) is 71.0 Å². The van der Waals surface area contributed by atoms with Crippen molar-refractivity contribution >= 4 is 5.91 Å². The van der Waals surface area contributed by atoms with Gasteiger partial charge in [-0.2, -0.15) is 0 Å². The fourth-order valence-corrected chi connectivity index (χ4v) is 3.95. The van der Waals surface area contributed by atoms with Crippen LogP contribution in [-0.4, -0.2) is 35.3 Å². The van der Waals surface area contributed by atoms with Crippen molar-refractivity contribution in [3.63, 3.8) is 0 Å². The van der Waals surface area contributed by atoms with Crippen LogP contribution in [0, 0.1) is 11.7 Å². The first-order chi connectivity index (χ1) is 12.2. The Morgan fingerprint density at radius 1 is 1.00 bits per heavy atom. The van der Waals surface area contributed by atoms with Gasteiger partial charge in [-0.1, -0.05) is 30.3 Å². The summed E-state index contributed by atoms with van der Waals surface area (Å²) in [5.74, 6) is 0.575. The maximum atomic E-state index is 13.0. The Kier molecular flexibility index (Phi) is 4.53. The van der Waals surface area contributed by atoms with E-state index in [1.807, 2.05) is 35.2 Å². The molecule has 0 N–H and O–H groups in total. The molecular formula is C21H23FN2O. The lowest BCUT2D eigenvalue weighted by molar-refractivity contribution is 0.0711. The van der Waals surface area contributed by atoms with Crippen molar-refractivity contribution in [1.82, 2.24) is 9.80 Å². The lowest BCUT2D eigenvalue weighted by Gasteiger charge is -2.33. The molecule has 1 amide bonds. The van der Waals surface area contributed by atoms with E-state index in [-0.39, 0.29) is 11.7 Å². The van der Waals surface area contributed by atoms with E-state index in [0.29, 0.717) is 5.92 Å². The number of hydrogen-bond acceptors (Lipinski definition) is 2. The molecule has 0 spiro atoms. The quantitative estimate of drug-likeness (QED) is 0.849. The third kappa shape index (κ3) is 3.59. The SMILES string of the molecule is O=C1c2ccccc2CN1CC1CCN(Cc2ccc(F)cc2)CC1. The Morgan fingerprint density at radius 3 is 2.44 bits per heavy atom. The van der Waals surface area contributed by atoms with Crippen LogP contribution in [0.1, 0.15) is 34.3 Å². The van der Waals surface area contributed by atoms with E-state index in [1.54, 1.807) is 0 Å². The van der Waals surface area contributed by atoms with Gasteiger partial charge in [0.2, 0.25) is 0 Å². The van der Waals surface area contributed by atoms with Gasteiger partial charge in [0.25, 0.3) is 5.91 Å². The number of carbonyl (C=O) groups is 1. The molecule has 4 heteroatoms. The van der Waals surface area contributed by atoms with Crippen LogP contribution >= 0.6 is 0 Å². The van der Waals surface area contributed by atoms with Crippen LogP contribution in [0.4, 0.5) is 4.39 Å². The van der Waals surface area contributed by atoms with Crippen LogP contribution in [0.5, 0.6) is 0 Å². The molecule has 2 aliphatic rings. The number of rotatable bonds is 4. The van der Waals surface area contributed by atoms with Gasteiger partial charge in [0.05, 0.1) is 0 Å². The fraction of sp³-hybridized carbons (Fsp3) is 0.381. The van der Waals surface area contributed by atoms with Crippen molar-refractivity contribution in [2.75, 3.05) is 19.6 Å². The van der Waals surface area contributed by atoms with Crippen LogP contribution in [0.2, 0.25) is 0 Å². The highest BCUT2D eigenvalue weighted by Crippen LogP contribution is 2.26. The molecule has 0 unspecified atom stereocenters. The number of piperidine rings is 1. The van der Waals surface area contributed by atoms with Crippen LogP contribution in [-0.2, 0) is 13.1 Å². The molecule has 3 nitrogen and oxygen atoms in total. The largest absolute Gasteiger partial charge is 0.334 e. The minimum absolute atomic E-state index is 0.182. The van der Waals surface area contributed by atoms with Gasteiger partial charge >= 0.3 is 0 Å². The summed E-state index contributed by atoms with van der Waals surface area (Å²) in [6.07, 6.45) is 2.22. The second kappa shape index (κ2) is 6.96. The van der Waals surface area contributed by atoms with Crippen LogP contribution in [0.3, 0.4) is 0 Å². The van der Waals surface area contributed by atoms with Gasteiger partial charge in [0.15, 0.2) is 0 Å². The molecule has 2 aromatic rings. The summed E-state index contributed by atoms with van der Waals surface area (Å²) in [5, 5.41) is 0. The number of halogens is 1. The molecule has 0 bridgehead atoms. The molecule has 0 atom stereocenters. The number of carbonyl (C=O) groups excluding carboxylic acids is 1. The number of fused-ring (bicyclic) bond motifs is 1. The van der Waals surface area contributed by atoms with E-state index < -0.39 is 0 Å². The van der Waals surface area contributed by atoms with Crippen molar-refractivity contribution in [2.45, 2.75) is 25.9 Å².